The van der Waals surface area contributed by atoms with Crippen LogP contribution in [0, 0.1) is 5.92 Å². The summed E-state index contributed by atoms with van der Waals surface area (Å²) in [4.78, 5) is 43.5. The van der Waals surface area contributed by atoms with Crippen LogP contribution in [0.3, 0.4) is 0 Å². The molecule has 228 valence electrons. The summed E-state index contributed by atoms with van der Waals surface area (Å²) in [5.41, 5.74) is 7.75. The third-order valence-electron chi connectivity index (χ3n) is 9.42. The highest BCUT2D eigenvalue weighted by Crippen LogP contribution is 2.46. The van der Waals surface area contributed by atoms with Crippen molar-refractivity contribution in [1.29, 1.82) is 0 Å². The Kier molecular flexibility index (Phi) is 7.03. The number of benzene rings is 4. The van der Waals surface area contributed by atoms with Gasteiger partial charge >= 0.3 is 6.09 Å². The minimum absolute atomic E-state index is 0.102. The molecule has 9 heteroatoms. The van der Waals surface area contributed by atoms with E-state index in [9.17, 15) is 9.59 Å². The number of ether oxygens (including phenoxy) is 1. The van der Waals surface area contributed by atoms with Crippen molar-refractivity contribution in [1.82, 2.24) is 30.2 Å². The molecule has 9 nitrogen and oxygen atoms in total. The van der Waals surface area contributed by atoms with Gasteiger partial charge in [0.15, 0.2) is 0 Å². The number of hydrogen-bond donors (Lipinski definition) is 3. The lowest BCUT2D eigenvalue weighted by atomic mass is 9.74. The molecule has 0 radical (unpaired) electrons. The first-order chi connectivity index (χ1) is 21.8. The number of imidazole rings is 2. The first-order valence-corrected chi connectivity index (χ1v) is 15.4. The zero-order valence-electron chi connectivity index (χ0n) is 25.8. The van der Waals surface area contributed by atoms with Crippen molar-refractivity contribution >= 4 is 44.8 Å². The molecule has 1 aliphatic carbocycles. The molecule has 0 saturated heterocycles. The summed E-state index contributed by atoms with van der Waals surface area (Å²) in [6.45, 7) is 3.82. The van der Waals surface area contributed by atoms with E-state index < -0.39 is 17.7 Å². The number of amides is 2. The number of aromatic amines is 2. The normalized spacial score (nSPS) is 14.9. The standard InChI is InChI=1S/C36H36N6O3/c1-21(2)31(41-35(44)45-4)33(43)42(3)36(16-5-17-36)34-39-28-14-11-25(19-30(28)40-34)23-8-6-22(7-9-23)24-10-13-27-26(18-24)12-15-29-32(27)38-20-37-29/h6-15,18-21,31H,5,16-17H2,1-4H3,(H,37,38)(H,39,40)(H,41,44). The SMILES string of the molecule is COC(=O)NC(C(=O)N(C)C1(c2nc3ccc(-c4ccc(-c5ccc6c(ccc7[nH]cnc76)c5)cc4)cc3[nH]2)CCC1)C(C)C. The van der Waals surface area contributed by atoms with Crippen LogP contribution in [-0.2, 0) is 15.1 Å². The zero-order chi connectivity index (χ0) is 31.3. The fourth-order valence-electron chi connectivity index (χ4n) is 6.54. The topological polar surface area (TPSA) is 116 Å². The van der Waals surface area contributed by atoms with Gasteiger partial charge in [-0.3, -0.25) is 4.79 Å². The molecule has 3 N–H and O–H groups in total. The van der Waals surface area contributed by atoms with E-state index in [0.29, 0.717) is 0 Å². The Balaban J connectivity index is 1.14. The van der Waals surface area contributed by atoms with E-state index in [1.807, 2.05) is 27.0 Å². The number of H-pyrrole nitrogens is 2. The number of nitrogens with one attached hydrogen (secondary N) is 3. The van der Waals surface area contributed by atoms with Crippen LogP contribution in [0.15, 0.2) is 79.1 Å². The van der Waals surface area contributed by atoms with Crippen LogP contribution < -0.4 is 5.32 Å². The summed E-state index contributed by atoms with van der Waals surface area (Å²) in [6.07, 6.45) is 3.71. The number of fused-ring (bicyclic) bond motifs is 4. The van der Waals surface area contributed by atoms with Crippen molar-refractivity contribution in [3.8, 4) is 22.3 Å². The molecule has 1 atom stereocenters. The Morgan fingerprint density at radius 3 is 2.27 bits per heavy atom. The van der Waals surface area contributed by atoms with Crippen molar-refractivity contribution in [3.05, 3.63) is 84.9 Å². The molecule has 6 aromatic rings. The number of carbonyl (C=O) groups excluding carboxylic acids is 2. The maximum Gasteiger partial charge on any atom is 0.407 e. The summed E-state index contributed by atoms with van der Waals surface area (Å²) in [5.74, 6) is 0.517. The number of likely N-dealkylation sites (N-methyl/N-ethyl adjacent to an activating group) is 1. The van der Waals surface area contributed by atoms with Gasteiger partial charge in [-0.05, 0) is 77.1 Å². The van der Waals surface area contributed by atoms with Crippen LogP contribution in [0.1, 0.15) is 38.9 Å². The number of carbonyl (C=O) groups is 2. The fraction of sp³-hybridized carbons (Fsp3) is 0.278. The van der Waals surface area contributed by atoms with Gasteiger partial charge in [-0.15, -0.1) is 0 Å². The lowest BCUT2D eigenvalue weighted by Crippen LogP contribution is -2.59. The second kappa shape index (κ2) is 11.1. The average molecular weight is 601 g/mol. The van der Waals surface area contributed by atoms with Crippen molar-refractivity contribution in [2.24, 2.45) is 5.92 Å². The third-order valence-corrected chi connectivity index (χ3v) is 9.42. The Morgan fingerprint density at radius 1 is 0.911 bits per heavy atom. The van der Waals surface area contributed by atoms with Crippen LogP contribution in [0.25, 0.3) is 55.1 Å². The van der Waals surface area contributed by atoms with Gasteiger partial charge in [-0.2, -0.15) is 0 Å². The highest BCUT2D eigenvalue weighted by atomic mass is 16.5. The smallest absolute Gasteiger partial charge is 0.407 e. The van der Waals surface area contributed by atoms with Crippen LogP contribution >= 0.6 is 0 Å². The minimum Gasteiger partial charge on any atom is -0.453 e. The quantitative estimate of drug-likeness (QED) is 0.180. The van der Waals surface area contributed by atoms with E-state index in [-0.39, 0.29) is 11.8 Å². The van der Waals surface area contributed by atoms with Gasteiger partial charge < -0.3 is 24.9 Å². The zero-order valence-corrected chi connectivity index (χ0v) is 25.8. The van der Waals surface area contributed by atoms with Crippen LogP contribution in [0.5, 0.6) is 0 Å². The summed E-state index contributed by atoms with van der Waals surface area (Å²) >= 11 is 0. The molecule has 7 rings (SSSR count). The van der Waals surface area contributed by atoms with Gasteiger partial charge in [0.2, 0.25) is 5.91 Å². The Morgan fingerprint density at radius 2 is 1.60 bits per heavy atom. The molecule has 1 fully saturated rings. The van der Waals surface area contributed by atoms with Crippen molar-refractivity contribution in [2.45, 2.75) is 44.7 Å². The minimum atomic E-state index is -0.694. The second-order valence-corrected chi connectivity index (χ2v) is 12.3. The number of methoxy groups -OCH3 is 1. The molecular formula is C36H36N6O3. The molecule has 1 aliphatic rings. The van der Waals surface area contributed by atoms with Crippen molar-refractivity contribution < 1.29 is 14.3 Å². The van der Waals surface area contributed by atoms with Gasteiger partial charge in [0, 0.05) is 12.4 Å². The van der Waals surface area contributed by atoms with E-state index in [0.717, 1.165) is 80.2 Å². The van der Waals surface area contributed by atoms with E-state index in [2.05, 4.69) is 87.0 Å². The molecule has 1 unspecified atom stereocenters. The summed E-state index contributed by atoms with van der Waals surface area (Å²) < 4.78 is 4.77. The van der Waals surface area contributed by atoms with Gasteiger partial charge in [-0.1, -0.05) is 62.4 Å². The lowest BCUT2D eigenvalue weighted by Gasteiger charge is -2.48. The molecule has 45 heavy (non-hydrogen) atoms. The predicted octanol–water partition coefficient (Wildman–Crippen LogP) is 7.14. The first kappa shape index (κ1) is 28.6. The molecule has 2 heterocycles. The molecule has 2 amide bonds. The van der Waals surface area contributed by atoms with E-state index in [1.54, 1.807) is 11.2 Å². The fourth-order valence-corrected chi connectivity index (χ4v) is 6.54. The molecule has 0 aliphatic heterocycles. The Labute approximate surface area is 261 Å². The highest BCUT2D eigenvalue weighted by Gasteiger charge is 2.48. The second-order valence-electron chi connectivity index (χ2n) is 12.3. The summed E-state index contributed by atoms with van der Waals surface area (Å²) in [6, 6.07) is 24.9. The summed E-state index contributed by atoms with van der Waals surface area (Å²) in [7, 11) is 3.11. The van der Waals surface area contributed by atoms with Gasteiger partial charge in [0.05, 0.1) is 35.5 Å². The number of aromatic nitrogens is 4. The molecule has 1 saturated carbocycles. The largest absolute Gasteiger partial charge is 0.453 e. The third kappa shape index (κ3) is 4.88. The maximum atomic E-state index is 13.6. The molecule has 0 spiro atoms. The number of rotatable bonds is 7. The van der Waals surface area contributed by atoms with Gasteiger partial charge in [0.25, 0.3) is 0 Å². The van der Waals surface area contributed by atoms with Crippen LogP contribution in [0.4, 0.5) is 4.79 Å². The molecular weight excluding hydrogens is 564 g/mol. The van der Waals surface area contributed by atoms with E-state index >= 15 is 0 Å². The van der Waals surface area contributed by atoms with Crippen LogP contribution in [-0.4, -0.2) is 57.0 Å². The van der Waals surface area contributed by atoms with E-state index in [4.69, 9.17) is 9.72 Å². The summed E-state index contributed by atoms with van der Waals surface area (Å²) in [5, 5.41) is 5.01. The van der Waals surface area contributed by atoms with Gasteiger partial charge in [0.1, 0.15) is 17.4 Å². The first-order valence-electron chi connectivity index (χ1n) is 15.4. The van der Waals surface area contributed by atoms with Crippen molar-refractivity contribution in [3.63, 3.8) is 0 Å². The van der Waals surface area contributed by atoms with Crippen LogP contribution in [0.2, 0.25) is 0 Å². The number of nitrogens with zero attached hydrogens (tertiary/aromatic N) is 3. The molecule has 4 aromatic carbocycles. The predicted molar refractivity (Wildman–Crippen MR) is 177 cm³/mol. The van der Waals surface area contributed by atoms with Crippen molar-refractivity contribution in [2.75, 3.05) is 14.2 Å². The highest BCUT2D eigenvalue weighted by molar-refractivity contribution is 6.05. The Bertz CT molecular complexity index is 2050. The monoisotopic (exact) mass is 600 g/mol. The number of alkyl carbamates (subject to hydrolysis) is 1. The number of hydrogen-bond acceptors (Lipinski definition) is 5. The molecule has 2 aromatic heterocycles. The Hall–Kier alpha value is -5.18. The maximum absolute atomic E-state index is 13.6. The van der Waals surface area contributed by atoms with E-state index in [1.165, 1.54) is 7.11 Å². The lowest BCUT2D eigenvalue weighted by molar-refractivity contribution is -0.143. The average Bonchev–Trinajstić information content (AvgIpc) is 3.69. The molecule has 0 bridgehead atoms. The van der Waals surface area contributed by atoms with Gasteiger partial charge in [-0.25, -0.2) is 14.8 Å².